The molecule has 5 nitrogen and oxygen atoms in total. The van der Waals surface area contributed by atoms with Crippen molar-refractivity contribution < 1.29 is 19.4 Å². The number of carboxylic acid groups (broad SMARTS) is 1. The molecule has 2 fully saturated rings. The summed E-state index contributed by atoms with van der Waals surface area (Å²) < 4.78 is 10.8. The molecule has 0 spiro atoms. The molecule has 3 unspecified atom stereocenters. The van der Waals surface area contributed by atoms with E-state index in [1.807, 2.05) is 18.2 Å². The van der Waals surface area contributed by atoms with Crippen LogP contribution in [0.3, 0.4) is 0 Å². The van der Waals surface area contributed by atoms with Crippen molar-refractivity contribution in [2.45, 2.75) is 37.9 Å². The Kier molecular flexibility index (Phi) is 3.76. The lowest BCUT2D eigenvalue weighted by molar-refractivity contribution is -0.142. The number of ether oxygens (including phenoxy) is 2. The van der Waals surface area contributed by atoms with Gasteiger partial charge >= 0.3 is 5.97 Å². The number of methoxy groups -OCH3 is 2. The van der Waals surface area contributed by atoms with Crippen LogP contribution in [0.5, 0.6) is 11.5 Å². The highest BCUT2D eigenvalue weighted by molar-refractivity contribution is 5.71. The number of aliphatic carboxylic acids is 1. The third kappa shape index (κ3) is 2.35. The van der Waals surface area contributed by atoms with Crippen LogP contribution in [0, 0.1) is 5.92 Å². The molecule has 2 aliphatic rings. The first kappa shape index (κ1) is 14.2. The Bertz CT molecular complexity index is 545. The molecule has 3 rings (SSSR count). The van der Waals surface area contributed by atoms with Gasteiger partial charge in [0.25, 0.3) is 0 Å². The van der Waals surface area contributed by atoms with Crippen LogP contribution in [-0.2, 0) is 11.3 Å². The van der Waals surface area contributed by atoms with Crippen LogP contribution in [0.1, 0.15) is 24.8 Å². The molecule has 0 aliphatic carbocycles. The van der Waals surface area contributed by atoms with Gasteiger partial charge < -0.3 is 14.6 Å². The molecule has 0 amide bonds. The summed E-state index contributed by atoms with van der Waals surface area (Å²) >= 11 is 0. The van der Waals surface area contributed by atoms with Gasteiger partial charge in [0.2, 0.25) is 0 Å². The first-order valence-corrected chi connectivity index (χ1v) is 7.34. The van der Waals surface area contributed by atoms with E-state index < -0.39 is 5.97 Å². The van der Waals surface area contributed by atoms with Crippen LogP contribution >= 0.6 is 0 Å². The fourth-order valence-electron chi connectivity index (χ4n) is 3.89. The Labute approximate surface area is 124 Å². The van der Waals surface area contributed by atoms with E-state index in [0.29, 0.717) is 6.04 Å². The lowest BCUT2D eigenvalue weighted by atomic mass is 9.89. The molecule has 2 saturated heterocycles. The number of hydrogen-bond donors (Lipinski definition) is 1. The molecule has 0 radical (unpaired) electrons. The number of carbonyl (C=O) groups is 1. The molecule has 0 aromatic heterocycles. The normalized spacial score (nSPS) is 27.8. The van der Waals surface area contributed by atoms with E-state index in [9.17, 15) is 9.90 Å². The lowest BCUT2D eigenvalue weighted by Gasteiger charge is -2.24. The molecule has 114 valence electrons. The van der Waals surface area contributed by atoms with Crippen molar-refractivity contribution in [3.05, 3.63) is 23.8 Å². The molecule has 2 bridgehead atoms. The van der Waals surface area contributed by atoms with E-state index in [1.54, 1.807) is 14.2 Å². The summed E-state index contributed by atoms with van der Waals surface area (Å²) in [6, 6.07) is 6.38. The summed E-state index contributed by atoms with van der Waals surface area (Å²) in [6.07, 6.45) is 2.85. The smallest absolute Gasteiger partial charge is 0.308 e. The van der Waals surface area contributed by atoms with Gasteiger partial charge in [-0.1, -0.05) is 12.1 Å². The SMILES string of the molecule is COc1cccc(CN2C3CCC2C(C(=O)O)C3)c1OC. The molecule has 0 saturated carbocycles. The van der Waals surface area contributed by atoms with Crippen molar-refractivity contribution in [1.29, 1.82) is 0 Å². The van der Waals surface area contributed by atoms with Crippen molar-refractivity contribution in [2.24, 2.45) is 5.92 Å². The summed E-state index contributed by atoms with van der Waals surface area (Å²) in [5.41, 5.74) is 1.06. The fourth-order valence-corrected chi connectivity index (χ4v) is 3.89. The van der Waals surface area contributed by atoms with Gasteiger partial charge in [-0.25, -0.2) is 0 Å². The van der Waals surface area contributed by atoms with Crippen molar-refractivity contribution in [3.8, 4) is 11.5 Å². The van der Waals surface area contributed by atoms with Crippen molar-refractivity contribution in [1.82, 2.24) is 4.90 Å². The monoisotopic (exact) mass is 291 g/mol. The summed E-state index contributed by atoms with van der Waals surface area (Å²) in [6.45, 7) is 0.722. The predicted octanol–water partition coefficient (Wildman–Crippen LogP) is 2.14. The van der Waals surface area contributed by atoms with Crippen LogP contribution in [0.15, 0.2) is 18.2 Å². The second-order valence-electron chi connectivity index (χ2n) is 5.80. The third-order valence-electron chi connectivity index (χ3n) is 4.84. The van der Waals surface area contributed by atoms with Crippen molar-refractivity contribution in [3.63, 3.8) is 0 Å². The minimum atomic E-state index is -0.662. The number of hydrogen-bond acceptors (Lipinski definition) is 4. The highest BCUT2D eigenvalue weighted by atomic mass is 16.5. The Balaban J connectivity index is 1.83. The van der Waals surface area contributed by atoms with Gasteiger partial charge in [-0.3, -0.25) is 9.69 Å². The Morgan fingerprint density at radius 2 is 2.14 bits per heavy atom. The van der Waals surface area contributed by atoms with Gasteiger partial charge in [0.15, 0.2) is 11.5 Å². The highest BCUT2D eigenvalue weighted by Gasteiger charge is 2.49. The topological polar surface area (TPSA) is 59.0 Å². The van der Waals surface area contributed by atoms with Crippen LogP contribution in [0.4, 0.5) is 0 Å². The minimum absolute atomic E-state index is 0.156. The van der Waals surface area contributed by atoms with Crippen molar-refractivity contribution in [2.75, 3.05) is 14.2 Å². The van der Waals surface area contributed by atoms with Gasteiger partial charge in [0.1, 0.15) is 0 Å². The van der Waals surface area contributed by atoms with Crippen molar-refractivity contribution >= 4 is 5.97 Å². The first-order chi connectivity index (χ1) is 10.2. The molecule has 2 aliphatic heterocycles. The third-order valence-corrected chi connectivity index (χ3v) is 4.84. The van der Waals surface area contributed by atoms with Crippen LogP contribution in [-0.4, -0.2) is 42.3 Å². The lowest BCUT2D eigenvalue weighted by Crippen LogP contribution is -2.32. The maximum absolute atomic E-state index is 11.3. The molecule has 1 aromatic rings. The average molecular weight is 291 g/mol. The van der Waals surface area contributed by atoms with Crippen LogP contribution in [0.2, 0.25) is 0 Å². The minimum Gasteiger partial charge on any atom is -0.493 e. The quantitative estimate of drug-likeness (QED) is 0.900. The molecule has 1 N–H and O–H groups in total. The standard InChI is InChI=1S/C16H21NO4/c1-20-14-5-3-4-10(15(14)21-2)9-17-11-6-7-13(17)12(8-11)16(18)19/h3-5,11-13H,6-9H2,1-2H3,(H,18,19). The van der Waals surface area contributed by atoms with Gasteiger partial charge in [-0.05, 0) is 25.3 Å². The fraction of sp³-hybridized carbons (Fsp3) is 0.562. The Morgan fingerprint density at radius 1 is 1.33 bits per heavy atom. The molecular weight excluding hydrogens is 270 g/mol. The second kappa shape index (κ2) is 5.56. The molecule has 1 aromatic carbocycles. The van der Waals surface area contributed by atoms with E-state index in [-0.39, 0.29) is 12.0 Å². The zero-order valence-electron chi connectivity index (χ0n) is 12.4. The summed E-state index contributed by atoms with van der Waals surface area (Å²) in [4.78, 5) is 13.7. The number of benzene rings is 1. The Morgan fingerprint density at radius 3 is 2.76 bits per heavy atom. The van der Waals surface area contributed by atoms with Crippen LogP contribution in [0.25, 0.3) is 0 Å². The second-order valence-corrected chi connectivity index (χ2v) is 5.80. The van der Waals surface area contributed by atoms with Gasteiger partial charge in [-0.15, -0.1) is 0 Å². The first-order valence-electron chi connectivity index (χ1n) is 7.34. The van der Waals surface area contributed by atoms with E-state index in [0.717, 1.165) is 42.9 Å². The predicted molar refractivity (Wildman–Crippen MR) is 77.6 cm³/mol. The summed E-state index contributed by atoms with van der Waals surface area (Å²) in [7, 11) is 3.27. The van der Waals surface area contributed by atoms with E-state index >= 15 is 0 Å². The molecule has 5 heteroatoms. The molecule has 21 heavy (non-hydrogen) atoms. The Hall–Kier alpha value is -1.75. The zero-order valence-corrected chi connectivity index (χ0v) is 12.4. The average Bonchev–Trinajstić information content (AvgIpc) is 3.04. The number of nitrogens with zero attached hydrogens (tertiary/aromatic N) is 1. The number of carboxylic acids is 1. The van der Waals surface area contributed by atoms with Gasteiger partial charge in [-0.2, -0.15) is 0 Å². The van der Waals surface area contributed by atoms with Gasteiger partial charge in [0.05, 0.1) is 20.1 Å². The summed E-state index contributed by atoms with van der Waals surface area (Å²) in [5.74, 6) is 0.583. The maximum atomic E-state index is 11.3. The van der Waals surface area contributed by atoms with E-state index in [1.165, 1.54) is 0 Å². The highest BCUT2D eigenvalue weighted by Crippen LogP contribution is 2.44. The van der Waals surface area contributed by atoms with E-state index in [2.05, 4.69) is 4.90 Å². The summed E-state index contributed by atoms with van der Waals surface area (Å²) in [5, 5.41) is 9.33. The number of rotatable bonds is 5. The van der Waals surface area contributed by atoms with Crippen LogP contribution < -0.4 is 9.47 Å². The largest absolute Gasteiger partial charge is 0.493 e. The number of para-hydroxylation sites is 1. The van der Waals surface area contributed by atoms with Gasteiger partial charge in [0, 0.05) is 24.2 Å². The van der Waals surface area contributed by atoms with E-state index in [4.69, 9.17) is 9.47 Å². The zero-order chi connectivity index (χ0) is 15.0. The number of fused-ring (bicyclic) bond motifs is 2. The molecule has 2 heterocycles. The molecule has 3 atom stereocenters. The maximum Gasteiger partial charge on any atom is 0.308 e. The molecular formula is C16H21NO4.